The van der Waals surface area contributed by atoms with E-state index in [-0.39, 0.29) is 18.8 Å². The average molecular weight is 493 g/mol. The van der Waals surface area contributed by atoms with Crippen molar-refractivity contribution in [3.63, 3.8) is 0 Å². The van der Waals surface area contributed by atoms with Gasteiger partial charge < -0.3 is 24.7 Å². The first kappa shape index (κ1) is 27.2. The third-order valence-electron chi connectivity index (χ3n) is 6.35. The molecule has 7 heteroatoms. The number of hydrogen-bond acceptors (Lipinski definition) is 4. The molecular formula is C29H36N2O5. The zero-order valence-corrected chi connectivity index (χ0v) is 21.6. The minimum atomic E-state index is -1.03. The standard InChI is InChI=1S/C29H36N2O5/c1-27(2,3)36-26(34)31-28(4,18-21-11-7-6-8-12-21)20-35-19-22-15-23(25(32)33)17-24(16-22)29(30-5)13-9-10-14-29/h6-8,11-12,15-17H,9-10,13-14,18-20H2,1-4H3,(H,31,34)(H,32,33). The van der Waals surface area contributed by atoms with Gasteiger partial charge in [0.25, 0.3) is 5.54 Å². The van der Waals surface area contributed by atoms with E-state index in [4.69, 9.17) is 16.0 Å². The minimum Gasteiger partial charge on any atom is -0.478 e. The van der Waals surface area contributed by atoms with Crippen LogP contribution in [0.25, 0.3) is 4.85 Å². The van der Waals surface area contributed by atoms with Crippen LogP contribution in [0.3, 0.4) is 0 Å². The van der Waals surface area contributed by atoms with Crippen LogP contribution in [-0.2, 0) is 28.0 Å². The van der Waals surface area contributed by atoms with E-state index >= 15 is 0 Å². The number of carbonyl (C=O) groups excluding carboxylic acids is 1. The molecule has 1 saturated carbocycles. The Morgan fingerprint density at radius 1 is 1.06 bits per heavy atom. The summed E-state index contributed by atoms with van der Waals surface area (Å²) in [6, 6.07) is 14.9. The Hall–Kier alpha value is -3.37. The Kier molecular flexibility index (Phi) is 8.42. The Balaban J connectivity index is 1.79. The number of carboxylic acid groups (broad SMARTS) is 1. The summed E-state index contributed by atoms with van der Waals surface area (Å²) in [5.74, 6) is -1.03. The molecule has 36 heavy (non-hydrogen) atoms. The summed E-state index contributed by atoms with van der Waals surface area (Å²) in [6.45, 7) is 15.4. The van der Waals surface area contributed by atoms with E-state index in [0.717, 1.165) is 36.8 Å². The van der Waals surface area contributed by atoms with Gasteiger partial charge in [-0.3, -0.25) is 0 Å². The molecule has 2 aromatic carbocycles. The molecule has 0 aliphatic heterocycles. The van der Waals surface area contributed by atoms with Gasteiger partial charge in [-0.25, -0.2) is 16.2 Å². The molecule has 2 N–H and O–H groups in total. The van der Waals surface area contributed by atoms with Crippen molar-refractivity contribution in [1.82, 2.24) is 5.32 Å². The topological polar surface area (TPSA) is 89.2 Å². The molecule has 1 unspecified atom stereocenters. The van der Waals surface area contributed by atoms with Crippen molar-refractivity contribution in [3.8, 4) is 0 Å². The summed E-state index contributed by atoms with van der Waals surface area (Å²) in [5.41, 5.74) is 0.563. The lowest BCUT2D eigenvalue weighted by Gasteiger charge is -2.32. The lowest BCUT2D eigenvalue weighted by atomic mass is 9.87. The number of aromatic carboxylic acids is 1. The highest BCUT2D eigenvalue weighted by molar-refractivity contribution is 5.88. The highest BCUT2D eigenvalue weighted by Gasteiger charge is 2.42. The fraction of sp³-hybridized carbons (Fsp3) is 0.483. The molecule has 0 bridgehead atoms. The maximum atomic E-state index is 12.6. The predicted molar refractivity (Wildman–Crippen MR) is 138 cm³/mol. The normalized spacial score (nSPS) is 16.5. The molecule has 1 atom stereocenters. The van der Waals surface area contributed by atoms with Crippen molar-refractivity contribution in [3.05, 3.63) is 82.2 Å². The van der Waals surface area contributed by atoms with Gasteiger partial charge in [0.15, 0.2) is 0 Å². The van der Waals surface area contributed by atoms with Gasteiger partial charge in [0.05, 0.1) is 24.3 Å². The fourth-order valence-corrected chi connectivity index (χ4v) is 4.71. The van der Waals surface area contributed by atoms with E-state index in [0.29, 0.717) is 12.0 Å². The second-order valence-corrected chi connectivity index (χ2v) is 10.9. The first-order valence-corrected chi connectivity index (χ1v) is 12.3. The number of alkyl carbamates (subject to hydrolysis) is 1. The third-order valence-corrected chi connectivity index (χ3v) is 6.35. The van der Waals surface area contributed by atoms with Crippen LogP contribution < -0.4 is 5.32 Å². The number of carboxylic acids is 1. The quantitative estimate of drug-likeness (QED) is 0.412. The summed E-state index contributed by atoms with van der Waals surface area (Å²) in [7, 11) is 0. The van der Waals surface area contributed by atoms with Crippen molar-refractivity contribution in [2.24, 2.45) is 0 Å². The molecule has 192 valence electrons. The molecule has 1 fully saturated rings. The Bertz CT molecular complexity index is 1110. The van der Waals surface area contributed by atoms with E-state index < -0.39 is 28.7 Å². The van der Waals surface area contributed by atoms with Crippen LogP contribution in [0, 0.1) is 6.57 Å². The molecule has 0 spiro atoms. The van der Waals surface area contributed by atoms with Gasteiger partial charge >= 0.3 is 12.1 Å². The number of nitrogens with zero attached hydrogens (tertiary/aromatic N) is 1. The highest BCUT2D eigenvalue weighted by Crippen LogP contribution is 2.43. The van der Waals surface area contributed by atoms with E-state index in [1.807, 2.05) is 64.1 Å². The monoisotopic (exact) mass is 492 g/mol. The van der Waals surface area contributed by atoms with Gasteiger partial charge in [0, 0.05) is 18.4 Å². The second-order valence-electron chi connectivity index (χ2n) is 10.9. The van der Waals surface area contributed by atoms with Gasteiger partial charge in [-0.05, 0) is 76.3 Å². The van der Waals surface area contributed by atoms with Gasteiger partial charge in [-0.1, -0.05) is 30.3 Å². The average Bonchev–Trinajstić information content (AvgIpc) is 3.28. The first-order valence-electron chi connectivity index (χ1n) is 12.3. The summed E-state index contributed by atoms with van der Waals surface area (Å²) >= 11 is 0. The van der Waals surface area contributed by atoms with Crippen LogP contribution in [0.4, 0.5) is 4.79 Å². The molecule has 7 nitrogen and oxygen atoms in total. The molecular weight excluding hydrogens is 456 g/mol. The van der Waals surface area contributed by atoms with Crippen molar-refractivity contribution in [2.45, 2.75) is 83.1 Å². The van der Waals surface area contributed by atoms with Gasteiger partial charge in [-0.2, -0.15) is 0 Å². The summed E-state index contributed by atoms with van der Waals surface area (Å²) in [5, 5.41) is 12.6. The highest BCUT2D eigenvalue weighted by atomic mass is 16.6. The van der Waals surface area contributed by atoms with Crippen molar-refractivity contribution >= 4 is 12.1 Å². The minimum absolute atomic E-state index is 0.153. The smallest absolute Gasteiger partial charge is 0.408 e. The number of hydrogen-bond donors (Lipinski definition) is 2. The number of amides is 1. The van der Waals surface area contributed by atoms with E-state index in [9.17, 15) is 14.7 Å². The summed E-state index contributed by atoms with van der Waals surface area (Å²) in [4.78, 5) is 28.3. The van der Waals surface area contributed by atoms with E-state index in [1.54, 1.807) is 12.1 Å². The zero-order valence-electron chi connectivity index (χ0n) is 21.6. The Morgan fingerprint density at radius 3 is 2.31 bits per heavy atom. The van der Waals surface area contributed by atoms with Crippen LogP contribution in [0.2, 0.25) is 0 Å². The predicted octanol–water partition coefficient (Wildman–Crippen LogP) is 6.12. The molecule has 2 aromatic rings. The number of carbonyl (C=O) groups is 2. The molecule has 0 saturated heterocycles. The summed E-state index contributed by atoms with van der Waals surface area (Å²) in [6.07, 6.45) is 3.37. The number of benzene rings is 2. The Labute approximate surface area is 213 Å². The van der Waals surface area contributed by atoms with Crippen molar-refractivity contribution in [1.29, 1.82) is 0 Å². The number of nitrogens with one attached hydrogen (secondary N) is 1. The first-order chi connectivity index (χ1) is 16.9. The van der Waals surface area contributed by atoms with Gasteiger partial charge in [0.1, 0.15) is 5.60 Å². The zero-order chi connectivity index (χ0) is 26.4. The molecule has 0 radical (unpaired) electrons. The Morgan fingerprint density at radius 2 is 1.72 bits per heavy atom. The molecule has 1 amide bonds. The van der Waals surface area contributed by atoms with Crippen LogP contribution in [0.1, 0.15) is 80.4 Å². The summed E-state index contributed by atoms with van der Waals surface area (Å²) < 4.78 is 11.5. The molecule has 1 aliphatic rings. The van der Waals surface area contributed by atoms with Crippen molar-refractivity contribution in [2.75, 3.05) is 6.61 Å². The largest absolute Gasteiger partial charge is 0.478 e. The maximum absolute atomic E-state index is 12.6. The van der Waals surface area contributed by atoms with Crippen LogP contribution in [0.15, 0.2) is 48.5 Å². The lowest BCUT2D eigenvalue weighted by molar-refractivity contribution is 0.0286. The molecule has 3 rings (SSSR count). The SMILES string of the molecule is [C-]#[N+]C1(c2cc(COCC(C)(Cc3ccccc3)NC(=O)OC(C)(C)C)cc(C(=O)O)c2)CCCC1. The van der Waals surface area contributed by atoms with Crippen LogP contribution in [-0.4, -0.2) is 34.9 Å². The van der Waals surface area contributed by atoms with E-state index in [1.165, 1.54) is 0 Å². The number of ether oxygens (including phenoxy) is 2. The molecule has 0 aromatic heterocycles. The van der Waals surface area contributed by atoms with Crippen LogP contribution in [0.5, 0.6) is 0 Å². The number of rotatable bonds is 9. The molecule has 0 heterocycles. The van der Waals surface area contributed by atoms with E-state index in [2.05, 4.69) is 10.2 Å². The fourth-order valence-electron chi connectivity index (χ4n) is 4.71. The third kappa shape index (κ3) is 7.32. The van der Waals surface area contributed by atoms with Crippen molar-refractivity contribution < 1.29 is 24.2 Å². The second kappa shape index (κ2) is 11.1. The van der Waals surface area contributed by atoms with Gasteiger partial charge in [-0.15, -0.1) is 0 Å². The van der Waals surface area contributed by atoms with Crippen LogP contribution >= 0.6 is 0 Å². The lowest BCUT2D eigenvalue weighted by Crippen LogP contribution is -2.52. The maximum Gasteiger partial charge on any atom is 0.408 e. The molecule has 1 aliphatic carbocycles. The van der Waals surface area contributed by atoms with Gasteiger partial charge in [0.2, 0.25) is 0 Å².